The van der Waals surface area contributed by atoms with Gasteiger partial charge in [0.2, 0.25) is 0 Å². The number of nitrogens with zero attached hydrogens (tertiary/aromatic N) is 1. The van der Waals surface area contributed by atoms with Crippen molar-refractivity contribution in [2.24, 2.45) is 0 Å². The van der Waals surface area contributed by atoms with Crippen LogP contribution in [0.5, 0.6) is 11.5 Å². The molecule has 0 amide bonds. The molecule has 19 heavy (non-hydrogen) atoms. The predicted molar refractivity (Wildman–Crippen MR) is 73.7 cm³/mol. The zero-order valence-electron chi connectivity index (χ0n) is 11.3. The van der Waals surface area contributed by atoms with Gasteiger partial charge in [0.1, 0.15) is 5.82 Å². The van der Waals surface area contributed by atoms with Gasteiger partial charge in [-0.3, -0.25) is 0 Å². The fraction of sp³-hybridized carbons (Fsp3) is 0.500. The number of fused-ring (bicyclic) bond motifs is 2. The lowest BCUT2D eigenvalue weighted by molar-refractivity contribution is 0.297. The van der Waals surface area contributed by atoms with Gasteiger partial charge >= 0.3 is 0 Å². The molecule has 0 saturated carbocycles. The molecule has 0 atom stereocenters. The normalized spacial score (nSPS) is 14.9. The summed E-state index contributed by atoms with van der Waals surface area (Å²) in [5.41, 5.74) is 1.91. The van der Waals surface area contributed by atoms with Crippen molar-refractivity contribution < 1.29 is 9.47 Å². The summed E-state index contributed by atoms with van der Waals surface area (Å²) in [5, 5.41) is 3.35. The molecule has 0 radical (unpaired) electrons. The van der Waals surface area contributed by atoms with Gasteiger partial charge in [-0.1, -0.05) is 13.8 Å². The van der Waals surface area contributed by atoms with E-state index in [1.165, 1.54) is 0 Å². The van der Waals surface area contributed by atoms with E-state index in [4.69, 9.17) is 9.47 Å². The third kappa shape index (κ3) is 2.66. The van der Waals surface area contributed by atoms with Crippen molar-refractivity contribution in [3.05, 3.63) is 18.0 Å². The molecule has 0 saturated heterocycles. The van der Waals surface area contributed by atoms with Crippen molar-refractivity contribution in [3.8, 4) is 11.5 Å². The van der Waals surface area contributed by atoms with Crippen LogP contribution in [0.1, 0.15) is 26.1 Å². The average Bonchev–Trinajstić information content (AvgIpc) is 2.63. The summed E-state index contributed by atoms with van der Waals surface area (Å²) in [6.45, 7) is 6.37. The minimum absolute atomic E-state index is 0.441. The standard InChI is InChI=1S/C14H19N3O2/c1-9(2)15-8-14-16-10-6-12-13(7-11(10)17-14)19-5-3-4-18-12/h6-7,9,15H,3-5,8H2,1-2H3,(H,16,17). The first-order chi connectivity index (χ1) is 9.22. The topological polar surface area (TPSA) is 59.2 Å². The van der Waals surface area contributed by atoms with Gasteiger partial charge < -0.3 is 19.8 Å². The van der Waals surface area contributed by atoms with Gasteiger partial charge in [-0.05, 0) is 0 Å². The molecule has 0 unspecified atom stereocenters. The Morgan fingerprint density at radius 3 is 2.74 bits per heavy atom. The Hall–Kier alpha value is -1.75. The van der Waals surface area contributed by atoms with Crippen LogP contribution in [0.3, 0.4) is 0 Å². The van der Waals surface area contributed by atoms with Gasteiger partial charge in [-0.15, -0.1) is 0 Å². The van der Waals surface area contributed by atoms with Crippen LogP contribution >= 0.6 is 0 Å². The molecular formula is C14H19N3O2. The minimum atomic E-state index is 0.441. The van der Waals surface area contributed by atoms with Crippen LogP contribution in [-0.4, -0.2) is 29.2 Å². The highest BCUT2D eigenvalue weighted by molar-refractivity contribution is 5.79. The maximum absolute atomic E-state index is 5.68. The second kappa shape index (κ2) is 5.09. The molecule has 0 bridgehead atoms. The van der Waals surface area contributed by atoms with Gasteiger partial charge in [0.05, 0.1) is 30.8 Å². The Morgan fingerprint density at radius 1 is 1.26 bits per heavy atom. The van der Waals surface area contributed by atoms with E-state index in [2.05, 4.69) is 29.1 Å². The predicted octanol–water partition coefficient (Wildman–Crippen LogP) is 2.22. The van der Waals surface area contributed by atoms with Crippen molar-refractivity contribution in [3.63, 3.8) is 0 Å². The van der Waals surface area contributed by atoms with Crippen LogP contribution in [0.15, 0.2) is 12.1 Å². The maximum atomic E-state index is 5.68. The molecule has 2 N–H and O–H groups in total. The number of hydrogen-bond donors (Lipinski definition) is 2. The molecule has 0 aliphatic carbocycles. The summed E-state index contributed by atoms with van der Waals surface area (Å²) in [5.74, 6) is 2.53. The van der Waals surface area contributed by atoms with Crippen molar-refractivity contribution in [1.82, 2.24) is 15.3 Å². The largest absolute Gasteiger partial charge is 0.489 e. The van der Waals surface area contributed by atoms with E-state index in [0.717, 1.165) is 41.3 Å². The lowest BCUT2D eigenvalue weighted by Gasteiger charge is -2.05. The molecule has 3 rings (SSSR count). The summed E-state index contributed by atoms with van der Waals surface area (Å²) >= 11 is 0. The van der Waals surface area contributed by atoms with Crippen molar-refractivity contribution >= 4 is 11.0 Å². The van der Waals surface area contributed by atoms with Crippen molar-refractivity contribution in [2.75, 3.05) is 13.2 Å². The molecule has 102 valence electrons. The summed E-state index contributed by atoms with van der Waals surface area (Å²) in [6, 6.07) is 4.37. The maximum Gasteiger partial charge on any atom is 0.163 e. The molecule has 0 spiro atoms. The Kier molecular flexibility index (Phi) is 3.29. The molecule has 1 aromatic heterocycles. The lowest BCUT2D eigenvalue weighted by atomic mass is 10.3. The fourth-order valence-corrected chi connectivity index (χ4v) is 2.10. The third-order valence-corrected chi connectivity index (χ3v) is 3.08. The summed E-state index contributed by atoms with van der Waals surface area (Å²) < 4.78 is 11.3. The first-order valence-electron chi connectivity index (χ1n) is 6.74. The van der Waals surface area contributed by atoms with E-state index in [0.29, 0.717) is 19.3 Å². The summed E-state index contributed by atoms with van der Waals surface area (Å²) in [6.07, 6.45) is 0.916. The molecule has 5 heteroatoms. The molecule has 2 heterocycles. The monoisotopic (exact) mass is 261 g/mol. The number of ether oxygens (including phenoxy) is 2. The Morgan fingerprint density at radius 2 is 2.00 bits per heavy atom. The van der Waals surface area contributed by atoms with Crippen molar-refractivity contribution in [1.29, 1.82) is 0 Å². The lowest BCUT2D eigenvalue weighted by Crippen LogP contribution is -2.22. The van der Waals surface area contributed by atoms with Crippen LogP contribution in [0, 0.1) is 0 Å². The molecule has 5 nitrogen and oxygen atoms in total. The average molecular weight is 261 g/mol. The third-order valence-electron chi connectivity index (χ3n) is 3.08. The van der Waals surface area contributed by atoms with E-state index in [1.54, 1.807) is 0 Å². The fourth-order valence-electron chi connectivity index (χ4n) is 2.10. The highest BCUT2D eigenvalue weighted by Crippen LogP contribution is 2.33. The second-order valence-corrected chi connectivity index (χ2v) is 5.09. The first-order valence-corrected chi connectivity index (χ1v) is 6.74. The SMILES string of the molecule is CC(C)NCc1nc2cc3c(cc2[nH]1)OCCCO3. The van der Waals surface area contributed by atoms with E-state index in [1.807, 2.05) is 12.1 Å². The Balaban J connectivity index is 1.90. The zero-order chi connectivity index (χ0) is 13.2. The number of aromatic nitrogens is 2. The van der Waals surface area contributed by atoms with Gasteiger partial charge in [0.15, 0.2) is 11.5 Å². The highest BCUT2D eigenvalue weighted by atomic mass is 16.5. The van der Waals surface area contributed by atoms with Gasteiger partial charge in [-0.25, -0.2) is 4.98 Å². The Bertz CT molecular complexity index is 534. The molecule has 1 aliphatic rings. The van der Waals surface area contributed by atoms with E-state index < -0.39 is 0 Å². The van der Waals surface area contributed by atoms with Crippen LogP contribution < -0.4 is 14.8 Å². The Labute approximate surface area is 112 Å². The summed E-state index contributed by atoms with van der Waals surface area (Å²) in [4.78, 5) is 7.88. The van der Waals surface area contributed by atoms with Crippen LogP contribution in [0.2, 0.25) is 0 Å². The molecule has 0 fully saturated rings. The quantitative estimate of drug-likeness (QED) is 0.889. The van der Waals surface area contributed by atoms with Crippen LogP contribution in [0.25, 0.3) is 11.0 Å². The second-order valence-electron chi connectivity index (χ2n) is 5.09. The van der Waals surface area contributed by atoms with Gasteiger partial charge in [0, 0.05) is 24.6 Å². The highest BCUT2D eigenvalue weighted by Gasteiger charge is 2.13. The number of H-pyrrole nitrogens is 1. The zero-order valence-corrected chi connectivity index (χ0v) is 11.3. The number of imidazole rings is 1. The van der Waals surface area contributed by atoms with Gasteiger partial charge in [-0.2, -0.15) is 0 Å². The van der Waals surface area contributed by atoms with E-state index >= 15 is 0 Å². The van der Waals surface area contributed by atoms with Crippen LogP contribution in [0.4, 0.5) is 0 Å². The minimum Gasteiger partial charge on any atom is -0.489 e. The number of benzene rings is 1. The molecule has 1 aliphatic heterocycles. The number of rotatable bonds is 3. The molecule has 1 aromatic carbocycles. The first kappa shape index (κ1) is 12.3. The number of hydrogen-bond acceptors (Lipinski definition) is 4. The molecular weight excluding hydrogens is 242 g/mol. The van der Waals surface area contributed by atoms with Gasteiger partial charge in [0.25, 0.3) is 0 Å². The van der Waals surface area contributed by atoms with Crippen LogP contribution in [-0.2, 0) is 6.54 Å². The number of nitrogens with one attached hydrogen (secondary N) is 2. The van der Waals surface area contributed by atoms with Crippen molar-refractivity contribution in [2.45, 2.75) is 32.9 Å². The van der Waals surface area contributed by atoms with E-state index in [-0.39, 0.29) is 0 Å². The number of aromatic amines is 1. The van der Waals surface area contributed by atoms with E-state index in [9.17, 15) is 0 Å². The summed E-state index contributed by atoms with van der Waals surface area (Å²) in [7, 11) is 0. The smallest absolute Gasteiger partial charge is 0.163 e. The molecule has 2 aromatic rings.